The van der Waals surface area contributed by atoms with Gasteiger partial charge in [-0.25, -0.2) is 5.48 Å². The number of hydrogen-bond acceptors (Lipinski definition) is 3. The van der Waals surface area contributed by atoms with Crippen LogP contribution in [0, 0.1) is 0 Å². The van der Waals surface area contributed by atoms with Gasteiger partial charge in [-0.05, 0) is 23.3 Å². The first-order valence-electron chi connectivity index (χ1n) is 6.35. The van der Waals surface area contributed by atoms with Crippen LogP contribution in [0.4, 0.5) is 0 Å². The summed E-state index contributed by atoms with van der Waals surface area (Å²) >= 11 is 0. The first kappa shape index (κ1) is 14.1. The second kappa shape index (κ2) is 7.31. The summed E-state index contributed by atoms with van der Waals surface area (Å²) in [6.07, 6.45) is 0.256. The molecule has 1 N–H and O–H groups in total. The van der Waals surface area contributed by atoms with Crippen LogP contribution in [-0.4, -0.2) is 13.0 Å². The molecular formula is C16H17NO3. The highest BCUT2D eigenvalue weighted by atomic mass is 16.6. The van der Waals surface area contributed by atoms with Crippen LogP contribution in [0.2, 0.25) is 0 Å². The maximum absolute atomic E-state index is 11.7. The van der Waals surface area contributed by atoms with Crippen LogP contribution >= 0.6 is 0 Å². The number of amides is 1. The minimum Gasteiger partial charge on any atom is -0.497 e. The van der Waals surface area contributed by atoms with Gasteiger partial charge in [0.1, 0.15) is 5.75 Å². The summed E-state index contributed by atoms with van der Waals surface area (Å²) < 4.78 is 5.11. The number of hydrogen-bond donors (Lipinski definition) is 1. The van der Waals surface area contributed by atoms with Crippen molar-refractivity contribution in [3.8, 4) is 5.75 Å². The molecule has 2 rings (SSSR count). The van der Waals surface area contributed by atoms with Gasteiger partial charge in [-0.3, -0.25) is 9.63 Å². The zero-order chi connectivity index (χ0) is 14.2. The highest BCUT2D eigenvalue weighted by molar-refractivity contribution is 5.77. The molecule has 1 amide bonds. The molecule has 0 radical (unpaired) electrons. The van der Waals surface area contributed by atoms with E-state index >= 15 is 0 Å². The molecule has 0 fully saturated rings. The third-order valence-electron chi connectivity index (χ3n) is 2.77. The van der Waals surface area contributed by atoms with Crippen molar-refractivity contribution in [3.63, 3.8) is 0 Å². The number of nitrogens with one attached hydrogen (secondary N) is 1. The van der Waals surface area contributed by atoms with Crippen LogP contribution in [0.25, 0.3) is 0 Å². The Morgan fingerprint density at radius 1 is 1.05 bits per heavy atom. The summed E-state index contributed by atoms with van der Waals surface area (Å²) in [5.41, 5.74) is 4.33. The molecule has 0 bridgehead atoms. The van der Waals surface area contributed by atoms with Gasteiger partial charge in [0.15, 0.2) is 0 Å². The van der Waals surface area contributed by atoms with Gasteiger partial charge in [-0.1, -0.05) is 42.5 Å². The van der Waals surface area contributed by atoms with Crippen molar-refractivity contribution in [1.29, 1.82) is 0 Å². The molecule has 0 aliphatic rings. The van der Waals surface area contributed by atoms with Crippen LogP contribution in [0.5, 0.6) is 5.75 Å². The minimum absolute atomic E-state index is 0.186. The Kier molecular flexibility index (Phi) is 5.15. The van der Waals surface area contributed by atoms with Gasteiger partial charge in [-0.2, -0.15) is 0 Å². The largest absolute Gasteiger partial charge is 0.497 e. The van der Waals surface area contributed by atoms with Crippen LogP contribution in [0.1, 0.15) is 11.1 Å². The molecule has 0 spiro atoms. The molecule has 0 unspecified atom stereocenters. The van der Waals surface area contributed by atoms with Crippen molar-refractivity contribution >= 4 is 5.91 Å². The van der Waals surface area contributed by atoms with Gasteiger partial charge in [0.05, 0.1) is 20.1 Å². The van der Waals surface area contributed by atoms with Crippen LogP contribution in [0.3, 0.4) is 0 Å². The van der Waals surface area contributed by atoms with E-state index in [2.05, 4.69) is 5.48 Å². The number of benzene rings is 2. The topological polar surface area (TPSA) is 47.6 Å². The predicted octanol–water partition coefficient (Wildman–Crippen LogP) is 2.49. The first-order valence-corrected chi connectivity index (χ1v) is 6.35. The zero-order valence-electron chi connectivity index (χ0n) is 11.3. The van der Waals surface area contributed by atoms with E-state index in [0.29, 0.717) is 6.61 Å². The highest BCUT2D eigenvalue weighted by Gasteiger charge is 2.04. The van der Waals surface area contributed by atoms with E-state index in [0.717, 1.165) is 16.9 Å². The third kappa shape index (κ3) is 4.40. The molecule has 20 heavy (non-hydrogen) atoms. The molecule has 2 aromatic rings. The van der Waals surface area contributed by atoms with Gasteiger partial charge in [0, 0.05) is 0 Å². The van der Waals surface area contributed by atoms with E-state index in [1.165, 1.54) is 0 Å². The molecule has 0 aliphatic carbocycles. The summed E-state index contributed by atoms with van der Waals surface area (Å²) in [5.74, 6) is 0.551. The smallest absolute Gasteiger partial charge is 0.247 e. The molecule has 104 valence electrons. The van der Waals surface area contributed by atoms with Crippen molar-refractivity contribution in [2.75, 3.05) is 7.11 Å². The van der Waals surface area contributed by atoms with E-state index < -0.39 is 0 Å². The van der Waals surface area contributed by atoms with Crippen molar-refractivity contribution in [1.82, 2.24) is 5.48 Å². The van der Waals surface area contributed by atoms with Gasteiger partial charge in [0.2, 0.25) is 5.91 Å². The second-order valence-electron chi connectivity index (χ2n) is 4.33. The maximum Gasteiger partial charge on any atom is 0.247 e. The fourth-order valence-electron chi connectivity index (χ4n) is 1.78. The number of methoxy groups -OCH3 is 1. The van der Waals surface area contributed by atoms with Crippen molar-refractivity contribution in [3.05, 3.63) is 65.7 Å². The van der Waals surface area contributed by atoms with E-state index in [1.807, 2.05) is 54.6 Å². The Morgan fingerprint density at radius 2 is 1.80 bits per heavy atom. The van der Waals surface area contributed by atoms with Gasteiger partial charge in [0.25, 0.3) is 0 Å². The Morgan fingerprint density at radius 3 is 2.55 bits per heavy atom. The number of carbonyl (C=O) groups is 1. The molecule has 4 heteroatoms. The summed E-state index contributed by atoms with van der Waals surface area (Å²) in [6, 6.07) is 17.1. The molecule has 0 saturated heterocycles. The Balaban J connectivity index is 1.77. The van der Waals surface area contributed by atoms with Gasteiger partial charge in [-0.15, -0.1) is 0 Å². The number of hydroxylamine groups is 1. The lowest BCUT2D eigenvalue weighted by Gasteiger charge is -2.07. The molecule has 0 saturated carbocycles. The summed E-state index contributed by atoms with van der Waals surface area (Å²) in [4.78, 5) is 16.9. The van der Waals surface area contributed by atoms with Crippen molar-refractivity contribution in [2.24, 2.45) is 0 Å². The number of ether oxygens (including phenoxy) is 1. The SMILES string of the molecule is COc1cccc(CC(=O)NOCc2ccccc2)c1. The lowest BCUT2D eigenvalue weighted by atomic mass is 10.1. The molecule has 0 heterocycles. The van der Waals surface area contributed by atoms with Crippen LogP contribution in [0.15, 0.2) is 54.6 Å². The highest BCUT2D eigenvalue weighted by Crippen LogP contribution is 2.12. The van der Waals surface area contributed by atoms with Gasteiger partial charge < -0.3 is 4.74 Å². The Bertz CT molecular complexity index is 555. The Hall–Kier alpha value is -2.33. The van der Waals surface area contributed by atoms with Gasteiger partial charge >= 0.3 is 0 Å². The monoisotopic (exact) mass is 271 g/mol. The lowest BCUT2D eigenvalue weighted by Crippen LogP contribution is -2.25. The molecule has 4 nitrogen and oxygen atoms in total. The number of carbonyl (C=O) groups excluding carboxylic acids is 1. The summed E-state index contributed by atoms with van der Waals surface area (Å²) in [6.45, 7) is 0.352. The first-order chi connectivity index (χ1) is 9.78. The third-order valence-corrected chi connectivity index (χ3v) is 2.77. The second-order valence-corrected chi connectivity index (χ2v) is 4.33. The van der Waals surface area contributed by atoms with E-state index in [9.17, 15) is 4.79 Å². The maximum atomic E-state index is 11.7. The average Bonchev–Trinajstić information content (AvgIpc) is 2.48. The predicted molar refractivity (Wildman–Crippen MR) is 76.1 cm³/mol. The normalized spacial score (nSPS) is 10.1. The van der Waals surface area contributed by atoms with Crippen molar-refractivity contribution < 1.29 is 14.4 Å². The van der Waals surface area contributed by atoms with E-state index in [-0.39, 0.29) is 12.3 Å². The molecule has 0 aromatic heterocycles. The van der Waals surface area contributed by atoms with Crippen molar-refractivity contribution in [2.45, 2.75) is 13.0 Å². The molecule has 0 atom stereocenters. The quantitative estimate of drug-likeness (QED) is 0.821. The molecular weight excluding hydrogens is 254 g/mol. The molecule has 2 aromatic carbocycles. The van der Waals surface area contributed by atoms with Crippen LogP contribution in [-0.2, 0) is 22.7 Å². The lowest BCUT2D eigenvalue weighted by molar-refractivity contribution is -0.133. The van der Waals surface area contributed by atoms with Crippen LogP contribution < -0.4 is 10.2 Å². The average molecular weight is 271 g/mol. The number of rotatable bonds is 6. The fraction of sp³-hybridized carbons (Fsp3) is 0.188. The zero-order valence-corrected chi connectivity index (χ0v) is 11.3. The molecule has 0 aliphatic heterocycles. The van der Waals surface area contributed by atoms with E-state index in [4.69, 9.17) is 9.57 Å². The Labute approximate surface area is 118 Å². The fourth-order valence-corrected chi connectivity index (χ4v) is 1.78. The summed E-state index contributed by atoms with van der Waals surface area (Å²) in [7, 11) is 1.60. The van der Waals surface area contributed by atoms with E-state index in [1.54, 1.807) is 7.11 Å². The summed E-state index contributed by atoms with van der Waals surface area (Å²) in [5, 5.41) is 0. The minimum atomic E-state index is -0.186. The standard InChI is InChI=1S/C16H17NO3/c1-19-15-9-5-8-14(10-15)11-16(18)17-20-12-13-6-3-2-4-7-13/h2-10H,11-12H2,1H3,(H,17,18).